The minimum Gasteiger partial charge on any atom is -0.383 e. The van der Waals surface area contributed by atoms with Gasteiger partial charge < -0.3 is 10.1 Å². The Hall–Kier alpha value is -0.200. The first-order valence-corrected chi connectivity index (χ1v) is 5.45. The number of hydrogen-bond donors (Lipinski definition) is 1. The van der Waals surface area contributed by atoms with E-state index >= 15 is 0 Å². The average molecular weight is 309 g/mol. The molecule has 1 aromatic carbocycles. The van der Waals surface area contributed by atoms with E-state index < -0.39 is 0 Å². The standard InChI is InChI=1S/C10H13FINO/c1-14-5-4-13-7-8-6-9(12)2-3-10(8)11/h2-3,6,13H,4-5,7H2,1H3. The summed E-state index contributed by atoms with van der Waals surface area (Å²) in [4.78, 5) is 0. The number of ether oxygens (including phenoxy) is 1. The molecule has 1 aromatic rings. The van der Waals surface area contributed by atoms with Gasteiger partial charge in [0, 0.05) is 29.3 Å². The van der Waals surface area contributed by atoms with Crippen molar-refractivity contribution in [2.75, 3.05) is 20.3 Å². The minimum atomic E-state index is -0.157. The summed E-state index contributed by atoms with van der Waals surface area (Å²) < 4.78 is 19.1. The van der Waals surface area contributed by atoms with Crippen LogP contribution in [0.3, 0.4) is 0 Å². The van der Waals surface area contributed by atoms with Gasteiger partial charge in [-0.2, -0.15) is 0 Å². The van der Waals surface area contributed by atoms with Crippen molar-refractivity contribution in [3.63, 3.8) is 0 Å². The first-order valence-electron chi connectivity index (χ1n) is 4.37. The molecule has 0 aliphatic heterocycles. The Bertz CT molecular complexity index is 293. The van der Waals surface area contributed by atoms with Crippen molar-refractivity contribution in [3.8, 4) is 0 Å². The van der Waals surface area contributed by atoms with E-state index in [1.165, 1.54) is 6.07 Å². The smallest absolute Gasteiger partial charge is 0.127 e. The Balaban J connectivity index is 2.45. The first kappa shape index (κ1) is 11.9. The van der Waals surface area contributed by atoms with Crippen LogP contribution >= 0.6 is 22.6 Å². The van der Waals surface area contributed by atoms with Gasteiger partial charge in [-0.3, -0.25) is 0 Å². The summed E-state index contributed by atoms with van der Waals surface area (Å²) in [6.45, 7) is 1.93. The van der Waals surface area contributed by atoms with E-state index in [0.29, 0.717) is 18.7 Å². The van der Waals surface area contributed by atoms with Crippen LogP contribution in [-0.2, 0) is 11.3 Å². The third-order valence-electron chi connectivity index (χ3n) is 1.81. The van der Waals surface area contributed by atoms with Gasteiger partial charge in [-0.05, 0) is 40.8 Å². The largest absolute Gasteiger partial charge is 0.383 e. The molecule has 0 fully saturated rings. The highest BCUT2D eigenvalue weighted by atomic mass is 127. The van der Waals surface area contributed by atoms with Crippen molar-refractivity contribution in [1.82, 2.24) is 5.32 Å². The molecule has 0 unspecified atom stereocenters. The second-order valence-corrected chi connectivity index (χ2v) is 4.15. The van der Waals surface area contributed by atoms with Gasteiger partial charge in [-0.25, -0.2) is 4.39 Å². The van der Waals surface area contributed by atoms with Crippen molar-refractivity contribution in [3.05, 3.63) is 33.1 Å². The fourth-order valence-corrected chi connectivity index (χ4v) is 1.63. The van der Waals surface area contributed by atoms with Crippen LogP contribution in [0.25, 0.3) is 0 Å². The van der Waals surface area contributed by atoms with E-state index in [1.807, 2.05) is 6.07 Å². The first-order chi connectivity index (χ1) is 6.74. The molecular weight excluding hydrogens is 296 g/mol. The topological polar surface area (TPSA) is 21.3 Å². The molecule has 14 heavy (non-hydrogen) atoms. The van der Waals surface area contributed by atoms with Crippen molar-refractivity contribution < 1.29 is 9.13 Å². The molecule has 0 saturated carbocycles. The molecule has 0 aliphatic rings. The van der Waals surface area contributed by atoms with Crippen molar-refractivity contribution >= 4 is 22.6 Å². The maximum atomic E-state index is 13.2. The summed E-state index contributed by atoms with van der Waals surface area (Å²) in [6, 6.07) is 5.10. The van der Waals surface area contributed by atoms with Crippen molar-refractivity contribution in [2.24, 2.45) is 0 Å². The number of rotatable bonds is 5. The van der Waals surface area contributed by atoms with E-state index in [1.54, 1.807) is 13.2 Å². The van der Waals surface area contributed by atoms with Crippen LogP contribution in [0.4, 0.5) is 4.39 Å². The summed E-state index contributed by atoms with van der Waals surface area (Å²) in [5.74, 6) is -0.157. The minimum absolute atomic E-state index is 0.157. The summed E-state index contributed by atoms with van der Waals surface area (Å²) >= 11 is 2.17. The van der Waals surface area contributed by atoms with Gasteiger partial charge in [-0.1, -0.05) is 0 Å². The highest BCUT2D eigenvalue weighted by Crippen LogP contribution is 2.11. The predicted octanol–water partition coefficient (Wildman–Crippen LogP) is 2.17. The van der Waals surface area contributed by atoms with Crippen LogP contribution in [0.15, 0.2) is 18.2 Å². The molecule has 4 heteroatoms. The van der Waals surface area contributed by atoms with E-state index in [0.717, 1.165) is 10.1 Å². The highest BCUT2D eigenvalue weighted by molar-refractivity contribution is 14.1. The lowest BCUT2D eigenvalue weighted by Crippen LogP contribution is -2.19. The maximum Gasteiger partial charge on any atom is 0.127 e. The molecule has 78 valence electrons. The number of hydrogen-bond acceptors (Lipinski definition) is 2. The van der Waals surface area contributed by atoms with Gasteiger partial charge in [-0.15, -0.1) is 0 Å². The molecule has 0 radical (unpaired) electrons. The molecule has 0 bridgehead atoms. The Kier molecular flexibility index (Phi) is 5.36. The van der Waals surface area contributed by atoms with Crippen LogP contribution in [0, 0.1) is 9.39 Å². The van der Waals surface area contributed by atoms with E-state index in [9.17, 15) is 4.39 Å². The average Bonchev–Trinajstić information content (AvgIpc) is 2.18. The highest BCUT2D eigenvalue weighted by Gasteiger charge is 2.01. The third-order valence-corrected chi connectivity index (χ3v) is 2.48. The van der Waals surface area contributed by atoms with Crippen molar-refractivity contribution in [1.29, 1.82) is 0 Å². The summed E-state index contributed by atoms with van der Waals surface area (Å²) in [5, 5.41) is 3.10. The predicted molar refractivity (Wildman–Crippen MR) is 62.7 cm³/mol. The van der Waals surface area contributed by atoms with Gasteiger partial charge >= 0.3 is 0 Å². The van der Waals surface area contributed by atoms with Crippen LogP contribution in [0.2, 0.25) is 0 Å². The summed E-state index contributed by atoms with van der Waals surface area (Å²) in [6.07, 6.45) is 0. The van der Waals surface area contributed by atoms with Crippen LogP contribution < -0.4 is 5.32 Å². The third kappa shape index (κ3) is 3.89. The van der Waals surface area contributed by atoms with E-state index in [-0.39, 0.29) is 5.82 Å². The molecule has 1 rings (SSSR count). The lowest BCUT2D eigenvalue weighted by Gasteiger charge is -2.05. The van der Waals surface area contributed by atoms with E-state index in [2.05, 4.69) is 27.9 Å². The fourth-order valence-electron chi connectivity index (χ4n) is 1.08. The Labute approximate surface area is 97.0 Å². The zero-order valence-corrected chi connectivity index (χ0v) is 10.2. The Morgan fingerprint density at radius 1 is 1.50 bits per heavy atom. The van der Waals surface area contributed by atoms with E-state index in [4.69, 9.17) is 4.74 Å². The summed E-state index contributed by atoms with van der Waals surface area (Å²) in [5.41, 5.74) is 0.702. The molecule has 0 aliphatic carbocycles. The SMILES string of the molecule is COCCNCc1cc(I)ccc1F. The van der Waals surface area contributed by atoms with Crippen molar-refractivity contribution in [2.45, 2.75) is 6.54 Å². The number of methoxy groups -OCH3 is 1. The second-order valence-electron chi connectivity index (χ2n) is 2.91. The normalized spacial score (nSPS) is 10.5. The summed E-state index contributed by atoms with van der Waals surface area (Å²) in [7, 11) is 1.65. The number of halogens is 2. The molecule has 0 amide bonds. The molecule has 0 saturated heterocycles. The molecule has 0 spiro atoms. The second kappa shape index (κ2) is 6.31. The Morgan fingerprint density at radius 3 is 3.00 bits per heavy atom. The van der Waals surface area contributed by atoms with Gasteiger partial charge in [0.15, 0.2) is 0 Å². The molecule has 1 N–H and O–H groups in total. The van der Waals surface area contributed by atoms with Gasteiger partial charge in [0.05, 0.1) is 6.61 Å². The molecule has 2 nitrogen and oxygen atoms in total. The molecule has 0 aromatic heterocycles. The van der Waals surface area contributed by atoms with Crippen LogP contribution in [0.5, 0.6) is 0 Å². The van der Waals surface area contributed by atoms with Crippen LogP contribution in [0.1, 0.15) is 5.56 Å². The Morgan fingerprint density at radius 2 is 2.29 bits per heavy atom. The molecule has 0 atom stereocenters. The lowest BCUT2D eigenvalue weighted by atomic mass is 10.2. The van der Waals surface area contributed by atoms with Gasteiger partial charge in [0.1, 0.15) is 5.82 Å². The quantitative estimate of drug-likeness (QED) is 0.665. The van der Waals surface area contributed by atoms with Gasteiger partial charge in [0.25, 0.3) is 0 Å². The van der Waals surface area contributed by atoms with Gasteiger partial charge in [0.2, 0.25) is 0 Å². The number of nitrogens with one attached hydrogen (secondary N) is 1. The fraction of sp³-hybridized carbons (Fsp3) is 0.400. The van der Waals surface area contributed by atoms with Crippen LogP contribution in [-0.4, -0.2) is 20.3 Å². The lowest BCUT2D eigenvalue weighted by molar-refractivity contribution is 0.199. The number of benzene rings is 1. The molecule has 0 heterocycles. The maximum absolute atomic E-state index is 13.2. The molecular formula is C10H13FINO. The zero-order valence-electron chi connectivity index (χ0n) is 8.02. The zero-order chi connectivity index (χ0) is 10.4. The monoisotopic (exact) mass is 309 g/mol.